The number of urea groups is 1. The molecule has 28 heavy (non-hydrogen) atoms. The predicted octanol–water partition coefficient (Wildman–Crippen LogP) is 4.10. The Morgan fingerprint density at radius 2 is 1.79 bits per heavy atom. The molecule has 2 heterocycles. The van der Waals surface area contributed by atoms with Gasteiger partial charge in [-0.2, -0.15) is 0 Å². The molecule has 1 saturated heterocycles. The topological polar surface area (TPSA) is 82.9 Å². The van der Waals surface area contributed by atoms with Crippen LogP contribution >= 0.6 is 23.2 Å². The molecule has 1 fully saturated rings. The lowest BCUT2D eigenvalue weighted by molar-refractivity contribution is -0.122. The van der Waals surface area contributed by atoms with Gasteiger partial charge in [0.2, 0.25) is 0 Å². The number of nitrogens with zero attached hydrogens (tertiary/aromatic N) is 2. The number of carbonyl (C=O) groups excluding carboxylic acids is 3. The van der Waals surface area contributed by atoms with Crippen LogP contribution in [0, 0.1) is 0 Å². The molecule has 0 spiro atoms. The average molecular weight is 422 g/mol. The Kier molecular flexibility index (Phi) is 5.76. The number of hydrogen-bond donors (Lipinski definition) is 1. The van der Waals surface area contributed by atoms with Crippen molar-refractivity contribution in [2.75, 3.05) is 22.9 Å². The van der Waals surface area contributed by atoms with E-state index in [4.69, 9.17) is 27.6 Å². The summed E-state index contributed by atoms with van der Waals surface area (Å²) in [5.74, 6) is -0.637. The van der Waals surface area contributed by atoms with Crippen LogP contribution in [0.3, 0.4) is 0 Å². The second kappa shape index (κ2) is 8.08. The van der Waals surface area contributed by atoms with Gasteiger partial charge in [0.05, 0.1) is 15.7 Å². The van der Waals surface area contributed by atoms with Crippen LogP contribution in [0.2, 0.25) is 10.0 Å². The van der Waals surface area contributed by atoms with E-state index >= 15 is 0 Å². The van der Waals surface area contributed by atoms with Gasteiger partial charge in [-0.15, -0.1) is 0 Å². The smallest absolute Gasteiger partial charge is 0.335 e. The monoisotopic (exact) mass is 421 g/mol. The van der Waals surface area contributed by atoms with Crippen molar-refractivity contribution in [3.63, 3.8) is 0 Å². The summed E-state index contributed by atoms with van der Waals surface area (Å²) in [7, 11) is 0. The van der Waals surface area contributed by atoms with Crippen LogP contribution in [0.25, 0.3) is 6.08 Å². The van der Waals surface area contributed by atoms with Gasteiger partial charge in [-0.3, -0.25) is 14.9 Å². The molecule has 0 bridgehead atoms. The Hall–Kier alpha value is -2.77. The molecule has 4 amide bonds. The second-order valence-electron chi connectivity index (χ2n) is 5.90. The lowest BCUT2D eigenvalue weighted by Crippen LogP contribution is -2.54. The van der Waals surface area contributed by atoms with Crippen LogP contribution < -0.4 is 15.1 Å². The highest BCUT2D eigenvalue weighted by molar-refractivity contribution is 6.43. The standard InChI is InChI=1S/C19H17Cl2N3O4/c1-3-23(4-2)16-8-6-12(28-16)10-13-17(25)22-19(27)24(18(13)26)11-5-7-14(20)15(21)9-11/h5-10H,3-4H2,1-2H3,(H,22,25,27)/b13-10+. The number of hydrogen-bond acceptors (Lipinski definition) is 5. The van der Waals surface area contributed by atoms with Crippen LogP contribution in [0.15, 0.2) is 40.3 Å². The molecule has 9 heteroatoms. The van der Waals surface area contributed by atoms with Gasteiger partial charge in [0.1, 0.15) is 11.3 Å². The van der Waals surface area contributed by atoms with E-state index < -0.39 is 17.8 Å². The van der Waals surface area contributed by atoms with Crippen molar-refractivity contribution in [3.05, 3.63) is 51.7 Å². The van der Waals surface area contributed by atoms with E-state index in [0.717, 1.165) is 18.0 Å². The first kappa shape index (κ1) is 20.0. The zero-order chi connectivity index (χ0) is 20.4. The van der Waals surface area contributed by atoms with Gasteiger partial charge in [-0.25, -0.2) is 9.69 Å². The maximum atomic E-state index is 12.8. The molecule has 0 saturated carbocycles. The zero-order valence-electron chi connectivity index (χ0n) is 15.2. The van der Waals surface area contributed by atoms with Gasteiger partial charge in [0.25, 0.3) is 11.8 Å². The summed E-state index contributed by atoms with van der Waals surface area (Å²) < 4.78 is 5.70. The summed E-state index contributed by atoms with van der Waals surface area (Å²) in [6.45, 7) is 5.48. The molecule has 1 aliphatic heterocycles. The molecule has 0 unspecified atom stereocenters. The number of nitrogens with one attached hydrogen (secondary N) is 1. The van der Waals surface area contributed by atoms with Gasteiger partial charge < -0.3 is 9.32 Å². The molecule has 0 aliphatic carbocycles. The number of rotatable bonds is 5. The summed E-state index contributed by atoms with van der Waals surface area (Å²) in [5, 5.41) is 2.60. The Labute approximate surface area is 171 Å². The van der Waals surface area contributed by atoms with E-state index in [9.17, 15) is 14.4 Å². The fourth-order valence-electron chi connectivity index (χ4n) is 2.78. The number of imide groups is 2. The highest BCUT2D eigenvalue weighted by Crippen LogP contribution is 2.29. The normalized spacial score (nSPS) is 15.9. The van der Waals surface area contributed by atoms with Crippen molar-refractivity contribution in [3.8, 4) is 0 Å². The maximum absolute atomic E-state index is 12.8. The third-order valence-electron chi connectivity index (χ3n) is 4.24. The van der Waals surface area contributed by atoms with E-state index in [1.54, 1.807) is 12.1 Å². The minimum atomic E-state index is -0.867. The Morgan fingerprint density at radius 1 is 1.07 bits per heavy atom. The second-order valence-corrected chi connectivity index (χ2v) is 6.72. The predicted molar refractivity (Wildman–Crippen MR) is 108 cm³/mol. The van der Waals surface area contributed by atoms with Crippen LogP contribution in [-0.2, 0) is 9.59 Å². The molecular formula is C19H17Cl2N3O4. The summed E-state index contributed by atoms with van der Waals surface area (Å²) in [4.78, 5) is 40.1. The first-order chi connectivity index (χ1) is 13.3. The third-order valence-corrected chi connectivity index (χ3v) is 4.98. The van der Waals surface area contributed by atoms with E-state index in [2.05, 4.69) is 5.32 Å². The Balaban J connectivity index is 1.95. The van der Waals surface area contributed by atoms with Crippen molar-refractivity contribution in [1.82, 2.24) is 5.32 Å². The number of carbonyl (C=O) groups is 3. The highest BCUT2D eigenvalue weighted by atomic mass is 35.5. The first-order valence-electron chi connectivity index (χ1n) is 8.57. The first-order valence-corrected chi connectivity index (χ1v) is 9.32. The molecule has 146 valence electrons. The van der Waals surface area contributed by atoms with Crippen LogP contribution in [0.5, 0.6) is 0 Å². The van der Waals surface area contributed by atoms with Crippen LogP contribution in [0.4, 0.5) is 16.4 Å². The van der Waals surface area contributed by atoms with Crippen molar-refractivity contribution < 1.29 is 18.8 Å². The van der Waals surface area contributed by atoms with Gasteiger partial charge in [-0.05, 0) is 44.2 Å². The Bertz CT molecular complexity index is 979. The number of anilines is 2. The lowest BCUT2D eigenvalue weighted by Gasteiger charge is -2.26. The highest BCUT2D eigenvalue weighted by Gasteiger charge is 2.37. The third kappa shape index (κ3) is 3.76. The molecule has 3 rings (SSSR count). The van der Waals surface area contributed by atoms with Gasteiger partial charge >= 0.3 is 6.03 Å². The minimum absolute atomic E-state index is 0.178. The minimum Gasteiger partial charge on any atom is -0.441 e. The summed E-state index contributed by atoms with van der Waals surface area (Å²) >= 11 is 11.9. The van der Waals surface area contributed by atoms with Gasteiger partial charge in [-0.1, -0.05) is 23.2 Å². The maximum Gasteiger partial charge on any atom is 0.335 e. The van der Waals surface area contributed by atoms with E-state index in [0.29, 0.717) is 11.6 Å². The molecule has 0 radical (unpaired) electrons. The zero-order valence-corrected chi connectivity index (χ0v) is 16.7. The fourth-order valence-corrected chi connectivity index (χ4v) is 3.08. The molecule has 1 aromatic carbocycles. The average Bonchev–Trinajstić information content (AvgIpc) is 3.11. The summed E-state index contributed by atoms with van der Waals surface area (Å²) in [5.41, 5.74) is -0.0373. The van der Waals surface area contributed by atoms with Gasteiger partial charge in [0, 0.05) is 19.2 Å². The van der Waals surface area contributed by atoms with E-state index in [-0.39, 0.29) is 21.3 Å². The lowest BCUT2D eigenvalue weighted by atomic mass is 10.1. The van der Waals surface area contributed by atoms with E-state index in [1.165, 1.54) is 24.3 Å². The number of amides is 4. The molecule has 1 aliphatic rings. The van der Waals surface area contributed by atoms with Crippen molar-refractivity contribution in [2.45, 2.75) is 13.8 Å². The molecule has 7 nitrogen and oxygen atoms in total. The SMILES string of the molecule is CCN(CC)c1ccc(/C=C2\C(=O)NC(=O)N(c3ccc(Cl)c(Cl)c3)C2=O)o1. The quantitative estimate of drug-likeness (QED) is 0.580. The van der Waals surface area contributed by atoms with Crippen molar-refractivity contribution in [2.24, 2.45) is 0 Å². The van der Waals surface area contributed by atoms with E-state index in [1.807, 2.05) is 18.7 Å². The van der Waals surface area contributed by atoms with Gasteiger partial charge in [0.15, 0.2) is 5.88 Å². The molecule has 1 aromatic heterocycles. The number of barbiturate groups is 1. The van der Waals surface area contributed by atoms with Crippen LogP contribution in [0.1, 0.15) is 19.6 Å². The fraction of sp³-hybridized carbons (Fsp3) is 0.211. The number of halogens is 2. The van der Waals surface area contributed by atoms with Crippen molar-refractivity contribution in [1.29, 1.82) is 0 Å². The molecular weight excluding hydrogens is 405 g/mol. The summed E-state index contributed by atoms with van der Waals surface area (Å²) in [6, 6.07) is 6.84. The Morgan fingerprint density at radius 3 is 2.43 bits per heavy atom. The largest absolute Gasteiger partial charge is 0.441 e. The van der Waals surface area contributed by atoms with Crippen molar-refractivity contribution >= 4 is 58.7 Å². The summed E-state index contributed by atoms with van der Waals surface area (Å²) in [6.07, 6.45) is 1.31. The molecule has 1 N–H and O–H groups in total. The molecule has 0 atom stereocenters. The molecule has 2 aromatic rings. The van der Waals surface area contributed by atoms with Crippen LogP contribution in [-0.4, -0.2) is 30.9 Å². The number of benzene rings is 1. The number of furan rings is 1.